The van der Waals surface area contributed by atoms with Gasteiger partial charge in [0.2, 0.25) is 0 Å². The average molecular weight is 262 g/mol. The molecule has 17 heavy (non-hydrogen) atoms. The van der Waals surface area contributed by atoms with Crippen molar-refractivity contribution in [2.24, 2.45) is 0 Å². The second-order valence-corrected chi connectivity index (χ2v) is 4.86. The van der Waals surface area contributed by atoms with Crippen molar-refractivity contribution in [1.29, 1.82) is 0 Å². The van der Waals surface area contributed by atoms with Gasteiger partial charge in [0.15, 0.2) is 18.9 Å². The van der Waals surface area contributed by atoms with Gasteiger partial charge in [-0.15, -0.1) is 11.3 Å². The highest BCUT2D eigenvalue weighted by atomic mass is 35.5. The number of aromatic nitrogens is 1. The van der Waals surface area contributed by atoms with Crippen LogP contribution in [0.15, 0.2) is 60.2 Å². The van der Waals surface area contributed by atoms with Crippen molar-refractivity contribution in [1.82, 2.24) is 0 Å². The maximum absolute atomic E-state index is 2.23. The van der Waals surface area contributed by atoms with Gasteiger partial charge < -0.3 is 12.4 Å². The van der Waals surface area contributed by atoms with Gasteiger partial charge in [0.1, 0.15) is 0 Å². The van der Waals surface area contributed by atoms with Crippen molar-refractivity contribution >= 4 is 22.1 Å². The van der Waals surface area contributed by atoms with Crippen LogP contribution in [0.4, 0.5) is 0 Å². The number of benzene rings is 1. The molecule has 0 aliphatic carbocycles. The number of halogens is 1. The maximum atomic E-state index is 2.23. The summed E-state index contributed by atoms with van der Waals surface area (Å²) in [6, 6.07) is 14.9. The van der Waals surface area contributed by atoms with Gasteiger partial charge in [0.25, 0.3) is 0 Å². The minimum Gasteiger partial charge on any atom is -1.00 e. The summed E-state index contributed by atoms with van der Waals surface area (Å²) in [6.07, 6.45) is 4.34. The lowest BCUT2D eigenvalue weighted by atomic mass is 10.2. The van der Waals surface area contributed by atoms with E-state index in [2.05, 4.69) is 64.8 Å². The molecule has 0 unspecified atom stereocenters. The Kier molecular flexibility index (Phi) is 3.77. The molecule has 1 nitrogen and oxygen atoms in total. The van der Waals surface area contributed by atoms with Crippen molar-refractivity contribution in [3.63, 3.8) is 0 Å². The Bertz CT molecular complexity index is 604. The lowest BCUT2D eigenvalue weighted by molar-refractivity contribution is -0.686. The first kappa shape index (κ1) is 12.1. The molecule has 0 fully saturated rings. The van der Waals surface area contributed by atoms with Crippen molar-refractivity contribution in [3.05, 3.63) is 65.1 Å². The number of hydrogen-bond donors (Lipinski definition) is 0. The summed E-state index contributed by atoms with van der Waals surface area (Å²) >= 11 is 1.80. The third-order valence-electron chi connectivity index (χ3n) is 2.67. The van der Waals surface area contributed by atoms with E-state index in [0.717, 1.165) is 6.54 Å². The quantitative estimate of drug-likeness (QED) is 0.582. The smallest absolute Gasteiger partial charge is 0.182 e. The van der Waals surface area contributed by atoms with Crippen molar-refractivity contribution in [2.45, 2.75) is 6.54 Å². The highest BCUT2D eigenvalue weighted by molar-refractivity contribution is 7.09. The van der Waals surface area contributed by atoms with E-state index in [9.17, 15) is 0 Å². The van der Waals surface area contributed by atoms with E-state index >= 15 is 0 Å². The van der Waals surface area contributed by atoms with Crippen LogP contribution in [0.25, 0.3) is 10.8 Å². The lowest BCUT2D eigenvalue weighted by Gasteiger charge is -1.97. The molecule has 0 saturated heterocycles. The Labute approximate surface area is 111 Å². The molecule has 0 saturated carbocycles. The molecule has 2 aromatic heterocycles. The zero-order valence-corrected chi connectivity index (χ0v) is 10.8. The third kappa shape index (κ3) is 2.65. The lowest BCUT2D eigenvalue weighted by Crippen LogP contribution is -3.00. The zero-order chi connectivity index (χ0) is 10.8. The maximum Gasteiger partial charge on any atom is 0.182 e. The Balaban J connectivity index is 0.00000108. The summed E-state index contributed by atoms with van der Waals surface area (Å²) in [6.45, 7) is 0.961. The number of fused-ring (bicyclic) bond motifs is 1. The first-order chi connectivity index (χ1) is 7.92. The number of hydrogen-bond acceptors (Lipinski definition) is 1. The van der Waals surface area contributed by atoms with Gasteiger partial charge in [0, 0.05) is 11.5 Å². The van der Waals surface area contributed by atoms with E-state index in [-0.39, 0.29) is 12.4 Å². The Morgan fingerprint density at radius 2 is 1.76 bits per heavy atom. The van der Waals surface area contributed by atoms with Crippen LogP contribution >= 0.6 is 11.3 Å². The van der Waals surface area contributed by atoms with Crippen LogP contribution in [0.2, 0.25) is 0 Å². The topological polar surface area (TPSA) is 3.88 Å². The van der Waals surface area contributed by atoms with Crippen molar-refractivity contribution in [3.8, 4) is 0 Å². The van der Waals surface area contributed by atoms with Crippen LogP contribution < -0.4 is 17.0 Å². The zero-order valence-electron chi connectivity index (χ0n) is 9.21. The largest absolute Gasteiger partial charge is 1.00 e. The molecule has 3 rings (SSSR count). The fourth-order valence-electron chi connectivity index (χ4n) is 1.86. The molecular formula is C14H12ClNS. The van der Waals surface area contributed by atoms with Gasteiger partial charge in [-0.25, -0.2) is 0 Å². The predicted molar refractivity (Wildman–Crippen MR) is 67.6 cm³/mol. The summed E-state index contributed by atoms with van der Waals surface area (Å²) in [4.78, 5) is 1.39. The summed E-state index contributed by atoms with van der Waals surface area (Å²) in [5, 5.41) is 4.71. The molecule has 0 amide bonds. The molecule has 0 aliphatic heterocycles. The molecular weight excluding hydrogens is 250 g/mol. The molecule has 0 atom stereocenters. The van der Waals surface area contributed by atoms with Crippen LogP contribution in [-0.4, -0.2) is 0 Å². The summed E-state index contributed by atoms with van der Waals surface area (Å²) in [5.74, 6) is 0. The van der Waals surface area contributed by atoms with Crippen LogP contribution in [0.3, 0.4) is 0 Å². The van der Waals surface area contributed by atoms with Gasteiger partial charge in [-0.05, 0) is 22.9 Å². The van der Waals surface area contributed by atoms with Crippen LogP contribution in [0.5, 0.6) is 0 Å². The first-order valence-corrected chi connectivity index (χ1v) is 6.20. The van der Waals surface area contributed by atoms with E-state index in [1.165, 1.54) is 15.6 Å². The molecule has 86 valence electrons. The standard InChI is InChI=1S/C14H12NS.ClH/c1-2-5-13-10-15(8-7-12(13)4-1)11-14-6-3-9-16-14;/h1-10H,11H2;1H/q+1;/p-1. The Morgan fingerprint density at radius 3 is 2.53 bits per heavy atom. The van der Waals surface area contributed by atoms with E-state index in [1.54, 1.807) is 11.3 Å². The normalized spacial score (nSPS) is 10.1. The highest BCUT2D eigenvalue weighted by Gasteiger charge is 2.04. The molecule has 2 heterocycles. The third-order valence-corrected chi connectivity index (χ3v) is 3.53. The number of rotatable bonds is 2. The Morgan fingerprint density at radius 1 is 0.941 bits per heavy atom. The average Bonchev–Trinajstić information content (AvgIpc) is 2.82. The molecule has 3 aromatic rings. The molecule has 1 aromatic carbocycles. The van der Waals surface area contributed by atoms with Crippen molar-refractivity contribution < 1.29 is 17.0 Å². The number of thiophene rings is 1. The highest BCUT2D eigenvalue weighted by Crippen LogP contribution is 2.11. The van der Waals surface area contributed by atoms with Gasteiger partial charge in [-0.2, -0.15) is 4.57 Å². The van der Waals surface area contributed by atoms with Crippen molar-refractivity contribution in [2.75, 3.05) is 0 Å². The first-order valence-electron chi connectivity index (χ1n) is 5.32. The molecule has 0 aliphatic rings. The fourth-order valence-corrected chi connectivity index (χ4v) is 2.57. The van der Waals surface area contributed by atoms with Gasteiger partial charge in [-0.3, -0.25) is 0 Å². The molecule has 0 bridgehead atoms. The summed E-state index contributed by atoms with van der Waals surface area (Å²) < 4.78 is 2.23. The Hall–Kier alpha value is -1.38. The van der Waals surface area contributed by atoms with E-state index in [1.807, 2.05) is 0 Å². The molecule has 0 spiro atoms. The van der Waals surface area contributed by atoms with E-state index < -0.39 is 0 Å². The molecule has 0 N–H and O–H groups in total. The molecule has 3 heteroatoms. The number of nitrogens with zero attached hydrogens (tertiary/aromatic N) is 1. The van der Waals surface area contributed by atoms with Gasteiger partial charge in [0.05, 0.1) is 4.88 Å². The van der Waals surface area contributed by atoms with Gasteiger partial charge in [-0.1, -0.05) is 24.3 Å². The van der Waals surface area contributed by atoms with E-state index in [4.69, 9.17) is 0 Å². The van der Waals surface area contributed by atoms with Crippen LogP contribution in [0, 0.1) is 0 Å². The fraction of sp³-hybridized carbons (Fsp3) is 0.0714. The summed E-state index contributed by atoms with van der Waals surface area (Å²) in [7, 11) is 0. The minimum absolute atomic E-state index is 0. The number of pyridine rings is 1. The predicted octanol–water partition coefficient (Wildman–Crippen LogP) is 0.241. The summed E-state index contributed by atoms with van der Waals surface area (Å²) in [5.41, 5.74) is 0. The SMILES string of the molecule is [Cl-].c1csc(C[n+]2ccc3ccccc3c2)c1. The van der Waals surface area contributed by atoms with Gasteiger partial charge >= 0.3 is 0 Å². The minimum atomic E-state index is 0. The van der Waals surface area contributed by atoms with Crippen LogP contribution in [0.1, 0.15) is 4.88 Å². The second kappa shape index (κ2) is 5.30. The van der Waals surface area contributed by atoms with Crippen LogP contribution in [-0.2, 0) is 6.54 Å². The second-order valence-electron chi connectivity index (χ2n) is 3.83. The monoisotopic (exact) mass is 261 g/mol. The van der Waals surface area contributed by atoms with E-state index in [0.29, 0.717) is 0 Å². The molecule has 0 radical (unpaired) electrons.